The van der Waals surface area contributed by atoms with Crippen LogP contribution in [0.5, 0.6) is 5.75 Å². The highest BCUT2D eigenvalue weighted by Crippen LogP contribution is 2.45. The molecule has 3 aromatic rings. The van der Waals surface area contributed by atoms with E-state index in [0.29, 0.717) is 29.2 Å². The van der Waals surface area contributed by atoms with Gasteiger partial charge in [0.25, 0.3) is 0 Å². The molecule has 1 nitrogen and oxygen atoms in total. The lowest BCUT2D eigenvalue weighted by Gasteiger charge is -2.38. The highest BCUT2D eigenvalue weighted by atomic mass is 19.2. The van der Waals surface area contributed by atoms with Crippen molar-refractivity contribution in [1.29, 1.82) is 0 Å². The van der Waals surface area contributed by atoms with Crippen LogP contribution in [0.2, 0.25) is 0 Å². The number of ether oxygens (including phenoxy) is 1. The SMILES string of the molecule is C=CCCC1CCC(C2CCC(c3ccc(-c4ccc(-c5ccc(OCCCCCCCCC)c(F)c5F)cc4)c(F)c3F)CC2)CC1. The highest BCUT2D eigenvalue weighted by Gasteiger charge is 2.32. The first-order valence-electron chi connectivity index (χ1n) is 18.7. The largest absolute Gasteiger partial charge is 0.490 e. The van der Waals surface area contributed by atoms with Gasteiger partial charge in [-0.1, -0.05) is 101 Å². The molecule has 2 aliphatic rings. The minimum Gasteiger partial charge on any atom is -0.490 e. The lowest BCUT2D eigenvalue weighted by atomic mass is 9.68. The average Bonchev–Trinajstić information content (AvgIpc) is 3.12. The number of halogens is 4. The monoisotopic (exact) mass is 662 g/mol. The van der Waals surface area contributed by atoms with Gasteiger partial charge in [0.1, 0.15) is 0 Å². The zero-order valence-corrected chi connectivity index (χ0v) is 28.9. The molecule has 0 saturated heterocycles. The molecule has 260 valence electrons. The van der Waals surface area contributed by atoms with E-state index in [0.717, 1.165) is 63.2 Å². The average molecular weight is 663 g/mol. The van der Waals surface area contributed by atoms with Gasteiger partial charge in [-0.2, -0.15) is 4.39 Å². The molecule has 3 aromatic carbocycles. The Morgan fingerprint density at radius 1 is 0.625 bits per heavy atom. The molecule has 5 heteroatoms. The van der Waals surface area contributed by atoms with Crippen LogP contribution < -0.4 is 4.74 Å². The van der Waals surface area contributed by atoms with Gasteiger partial charge in [0, 0.05) is 11.1 Å². The summed E-state index contributed by atoms with van der Waals surface area (Å²) >= 11 is 0. The van der Waals surface area contributed by atoms with Crippen molar-refractivity contribution < 1.29 is 22.3 Å². The Balaban J connectivity index is 1.15. The predicted molar refractivity (Wildman–Crippen MR) is 190 cm³/mol. The predicted octanol–water partition coefficient (Wildman–Crippen LogP) is 13.8. The summed E-state index contributed by atoms with van der Waals surface area (Å²) in [5.74, 6) is -1.34. The second-order valence-corrected chi connectivity index (χ2v) is 14.4. The third-order valence-electron chi connectivity index (χ3n) is 11.2. The highest BCUT2D eigenvalue weighted by molar-refractivity contribution is 5.72. The van der Waals surface area contributed by atoms with E-state index in [1.54, 1.807) is 36.4 Å². The molecule has 0 N–H and O–H groups in total. The number of unbranched alkanes of at least 4 members (excludes halogenated alkanes) is 6. The van der Waals surface area contributed by atoms with E-state index in [9.17, 15) is 4.39 Å². The second kappa shape index (κ2) is 18.1. The normalized spacial score (nSPS) is 21.3. The van der Waals surface area contributed by atoms with E-state index in [-0.39, 0.29) is 22.8 Å². The lowest BCUT2D eigenvalue weighted by molar-refractivity contribution is 0.156. The molecule has 5 rings (SSSR count). The molecular formula is C43H54F4O. The second-order valence-electron chi connectivity index (χ2n) is 14.4. The Kier molecular flexibility index (Phi) is 13.6. The van der Waals surface area contributed by atoms with Gasteiger partial charge < -0.3 is 4.74 Å². The molecule has 0 heterocycles. The summed E-state index contributed by atoms with van der Waals surface area (Å²) < 4.78 is 66.5. The maximum atomic E-state index is 15.5. The quantitative estimate of drug-likeness (QED) is 0.0843. The molecule has 2 saturated carbocycles. The Morgan fingerprint density at radius 3 is 1.77 bits per heavy atom. The molecule has 0 unspecified atom stereocenters. The number of hydrogen-bond donors (Lipinski definition) is 0. The van der Waals surface area contributed by atoms with Crippen LogP contribution in [0.15, 0.2) is 61.2 Å². The first-order chi connectivity index (χ1) is 23.4. The molecule has 0 aliphatic heterocycles. The fourth-order valence-corrected chi connectivity index (χ4v) is 8.24. The number of rotatable bonds is 16. The van der Waals surface area contributed by atoms with E-state index in [2.05, 4.69) is 13.5 Å². The Morgan fingerprint density at radius 2 is 1.17 bits per heavy atom. The molecule has 2 fully saturated rings. The molecule has 0 radical (unpaired) electrons. The van der Waals surface area contributed by atoms with Crippen molar-refractivity contribution >= 4 is 0 Å². The van der Waals surface area contributed by atoms with E-state index < -0.39 is 23.3 Å². The van der Waals surface area contributed by atoms with Crippen LogP contribution in [0.1, 0.15) is 128 Å². The Bertz CT molecular complexity index is 1450. The summed E-state index contributed by atoms with van der Waals surface area (Å²) in [6.07, 6.45) is 21.4. The molecule has 0 aromatic heterocycles. The summed E-state index contributed by atoms with van der Waals surface area (Å²) in [5.41, 5.74) is 1.69. The molecule has 0 amide bonds. The minimum atomic E-state index is -1.01. The number of allylic oxidation sites excluding steroid dienone is 1. The van der Waals surface area contributed by atoms with Gasteiger partial charge in [-0.05, 0) is 110 Å². The van der Waals surface area contributed by atoms with Crippen LogP contribution in [0.3, 0.4) is 0 Å². The van der Waals surface area contributed by atoms with Crippen molar-refractivity contribution in [2.45, 2.75) is 122 Å². The minimum absolute atomic E-state index is 0.0384. The zero-order chi connectivity index (χ0) is 33.9. The fourth-order valence-electron chi connectivity index (χ4n) is 8.24. The van der Waals surface area contributed by atoms with Crippen molar-refractivity contribution in [1.82, 2.24) is 0 Å². The number of benzene rings is 3. The van der Waals surface area contributed by atoms with Crippen LogP contribution in [-0.4, -0.2) is 6.61 Å². The van der Waals surface area contributed by atoms with Crippen molar-refractivity contribution in [3.8, 4) is 28.0 Å². The summed E-state index contributed by atoms with van der Waals surface area (Å²) in [4.78, 5) is 0. The van der Waals surface area contributed by atoms with Crippen LogP contribution in [0.4, 0.5) is 17.6 Å². The number of hydrogen-bond acceptors (Lipinski definition) is 1. The lowest BCUT2D eigenvalue weighted by Crippen LogP contribution is -2.25. The summed E-state index contributed by atoms with van der Waals surface area (Å²) in [6.45, 7) is 6.39. The fraction of sp³-hybridized carbons (Fsp3) is 0.535. The van der Waals surface area contributed by atoms with Crippen molar-refractivity contribution in [3.05, 3.63) is 90.0 Å². The molecule has 0 spiro atoms. The van der Waals surface area contributed by atoms with E-state index in [4.69, 9.17) is 4.74 Å². The van der Waals surface area contributed by atoms with Gasteiger partial charge in [0.05, 0.1) is 6.61 Å². The van der Waals surface area contributed by atoms with Crippen LogP contribution in [-0.2, 0) is 0 Å². The molecule has 48 heavy (non-hydrogen) atoms. The van der Waals surface area contributed by atoms with Gasteiger partial charge in [-0.15, -0.1) is 6.58 Å². The Labute approximate surface area is 286 Å². The van der Waals surface area contributed by atoms with E-state index in [1.165, 1.54) is 69.9 Å². The van der Waals surface area contributed by atoms with Gasteiger partial charge in [-0.3, -0.25) is 0 Å². The van der Waals surface area contributed by atoms with E-state index >= 15 is 13.2 Å². The topological polar surface area (TPSA) is 9.23 Å². The van der Waals surface area contributed by atoms with Crippen molar-refractivity contribution in [2.75, 3.05) is 6.61 Å². The molecule has 0 atom stereocenters. The van der Waals surface area contributed by atoms with Crippen LogP contribution in [0.25, 0.3) is 22.3 Å². The smallest absolute Gasteiger partial charge is 0.201 e. The maximum absolute atomic E-state index is 15.5. The third kappa shape index (κ3) is 9.12. The van der Waals surface area contributed by atoms with Gasteiger partial charge >= 0.3 is 0 Å². The third-order valence-corrected chi connectivity index (χ3v) is 11.2. The first kappa shape index (κ1) is 36.2. The van der Waals surface area contributed by atoms with Crippen molar-refractivity contribution in [3.63, 3.8) is 0 Å². The molecular weight excluding hydrogens is 608 g/mol. The molecule has 0 bridgehead atoms. The van der Waals surface area contributed by atoms with E-state index in [1.807, 2.05) is 6.08 Å². The van der Waals surface area contributed by atoms with Gasteiger partial charge in [-0.25, -0.2) is 13.2 Å². The summed E-state index contributed by atoms with van der Waals surface area (Å²) in [5, 5.41) is 0. The standard InChI is InChI=1S/C43H54F4O/c1-3-5-7-8-9-10-11-29-48-39-28-27-38(42(46)43(39)47)35-23-21-34(22-24-35)37-26-25-36(40(44)41(37)45)33-19-17-32(18-20-33)31-15-13-30(14-16-31)12-6-4-2/h4,21-28,30-33H,2-3,5-20,29H2,1H3. The maximum Gasteiger partial charge on any atom is 0.201 e. The first-order valence-corrected chi connectivity index (χ1v) is 18.7. The van der Waals surface area contributed by atoms with Crippen LogP contribution in [0, 0.1) is 41.0 Å². The van der Waals surface area contributed by atoms with Crippen molar-refractivity contribution in [2.24, 2.45) is 17.8 Å². The summed E-state index contributed by atoms with van der Waals surface area (Å²) in [7, 11) is 0. The Hall–Kier alpha value is -3.08. The summed E-state index contributed by atoms with van der Waals surface area (Å²) in [6, 6.07) is 12.9. The van der Waals surface area contributed by atoms with Gasteiger partial charge in [0.2, 0.25) is 5.82 Å². The zero-order valence-electron chi connectivity index (χ0n) is 28.9. The van der Waals surface area contributed by atoms with Crippen LogP contribution >= 0.6 is 0 Å². The van der Waals surface area contributed by atoms with Gasteiger partial charge in [0.15, 0.2) is 23.2 Å². The molecule has 2 aliphatic carbocycles.